The second-order valence-corrected chi connectivity index (χ2v) is 8.76. The molecule has 4 rings (SSSR count). The highest BCUT2D eigenvalue weighted by Crippen LogP contribution is 2.27. The number of amides is 2. The highest BCUT2D eigenvalue weighted by Gasteiger charge is 2.37. The van der Waals surface area contributed by atoms with E-state index in [0.717, 1.165) is 36.8 Å². The van der Waals surface area contributed by atoms with E-state index in [9.17, 15) is 14.0 Å². The summed E-state index contributed by atoms with van der Waals surface area (Å²) in [4.78, 5) is 35.9. The van der Waals surface area contributed by atoms with E-state index in [1.165, 1.54) is 12.1 Å². The molecule has 1 aromatic carbocycles. The predicted octanol–water partition coefficient (Wildman–Crippen LogP) is 2.68. The van der Waals surface area contributed by atoms with Crippen molar-refractivity contribution >= 4 is 28.8 Å². The van der Waals surface area contributed by atoms with Gasteiger partial charge in [-0.2, -0.15) is 0 Å². The third kappa shape index (κ3) is 4.64. The lowest BCUT2D eigenvalue weighted by Crippen LogP contribution is -2.39. The largest absolute Gasteiger partial charge is 0.341 e. The minimum atomic E-state index is -0.338. The number of aromatic nitrogens is 1. The Labute approximate surface area is 173 Å². The number of aryl methyl sites for hydroxylation is 1. The van der Waals surface area contributed by atoms with Gasteiger partial charge >= 0.3 is 0 Å². The summed E-state index contributed by atoms with van der Waals surface area (Å²) in [5.74, 6) is -0.699. The molecule has 0 radical (unpaired) electrons. The van der Waals surface area contributed by atoms with Crippen molar-refractivity contribution in [3.63, 3.8) is 0 Å². The molecule has 2 saturated heterocycles. The van der Waals surface area contributed by atoms with Gasteiger partial charge in [0.2, 0.25) is 11.8 Å². The van der Waals surface area contributed by atoms with E-state index in [1.54, 1.807) is 28.4 Å². The molecule has 0 spiro atoms. The molecular weight excluding hydrogens is 391 g/mol. The van der Waals surface area contributed by atoms with Crippen molar-refractivity contribution in [2.24, 2.45) is 5.92 Å². The number of thiazole rings is 1. The monoisotopic (exact) mass is 416 g/mol. The first kappa shape index (κ1) is 20.0. The summed E-state index contributed by atoms with van der Waals surface area (Å²) in [5.41, 5.74) is 1.73. The van der Waals surface area contributed by atoms with Crippen LogP contribution in [0.15, 0.2) is 29.6 Å². The number of benzene rings is 1. The molecule has 2 amide bonds. The summed E-state index contributed by atoms with van der Waals surface area (Å²) in [6.07, 6.45) is 1.13. The maximum atomic E-state index is 13.2. The molecule has 3 heterocycles. The molecule has 0 N–H and O–H groups in total. The van der Waals surface area contributed by atoms with Gasteiger partial charge in [-0.15, -0.1) is 11.3 Å². The lowest BCUT2D eigenvalue weighted by atomic mass is 10.1. The maximum absolute atomic E-state index is 13.2. The van der Waals surface area contributed by atoms with Gasteiger partial charge in [0.15, 0.2) is 0 Å². The Morgan fingerprint density at radius 2 is 2.00 bits per heavy atom. The summed E-state index contributed by atoms with van der Waals surface area (Å²) in [7, 11) is 0. The number of nitrogens with zero attached hydrogens (tertiary/aromatic N) is 4. The van der Waals surface area contributed by atoms with E-state index < -0.39 is 0 Å². The van der Waals surface area contributed by atoms with E-state index in [4.69, 9.17) is 0 Å². The summed E-state index contributed by atoms with van der Waals surface area (Å²) in [5, 5.41) is 3.17. The van der Waals surface area contributed by atoms with Crippen LogP contribution in [-0.2, 0) is 16.1 Å². The summed E-state index contributed by atoms with van der Waals surface area (Å²) >= 11 is 1.66. The highest BCUT2D eigenvalue weighted by molar-refractivity contribution is 7.09. The topological polar surface area (TPSA) is 56.8 Å². The van der Waals surface area contributed by atoms with Crippen molar-refractivity contribution in [2.75, 3.05) is 37.6 Å². The van der Waals surface area contributed by atoms with Crippen molar-refractivity contribution in [1.29, 1.82) is 0 Å². The summed E-state index contributed by atoms with van der Waals surface area (Å²) < 4.78 is 13.2. The second kappa shape index (κ2) is 8.59. The lowest BCUT2D eigenvalue weighted by molar-refractivity contribution is -0.135. The smallest absolute Gasteiger partial charge is 0.228 e. The van der Waals surface area contributed by atoms with Crippen molar-refractivity contribution in [2.45, 2.75) is 26.3 Å². The number of rotatable bonds is 4. The van der Waals surface area contributed by atoms with Crippen molar-refractivity contribution in [1.82, 2.24) is 14.8 Å². The zero-order valence-corrected chi connectivity index (χ0v) is 17.3. The minimum absolute atomic E-state index is 0.0503. The molecule has 2 aromatic rings. The first-order chi connectivity index (χ1) is 14.0. The van der Waals surface area contributed by atoms with Crippen LogP contribution in [0.4, 0.5) is 10.1 Å². The molecule has 6 nitrogen and oxygen atoms in total. The average Bonchev–Trinajstić information content (AvgIpc) is 3.21. The van der Waals surface area contributed by atoms with Gasteiger partial charge in [-0.3, -0.25) is 14.5 Å². The zero-order chi connectivity index (χ0) is 20.4. The molecule has 154 valence electrons. The first-order valence-corrected chi connectivity index (χ1v) is 10.9. The van der Waals surface area contributed by atoms with Gasteiger partial charge in [-0.05, 0) is 37.6 Å². The van der Waals surface area contributed by atoms with Crippen molar-refractivity contribution < 1.29 is 14.0 Å². The highest BCUT2D eigenvalue weighted by atomic mass is 32.1. The number of halogens is 1. The molecule has 2 aliphatic rings. The zero-order valence-electron chi connectivity index (χ0n) is 16.5. The number of carbonyl (C=O) groups excluding carboxylic acids is 2. The molecule has 29 heavy (non-hydrogen) atoms. The van der Waals surface area contributed by atoms with Gasteiger partial charge in [0.1, 0.15) is 5.82 Å². The summed E-state index contributed by atoms with van der Waals surface area (Å²) in [6, 6.07) is 5.85. The maximum Gasteiger partial charge on any atom is 0.228 e. The summed E-state index contributed by atoms with van der Waals surface area (Å²) in [6.45, 7) is 6.32. The molecule has 2 fully saturated rings. The first-order valence-electron chi connectivity index (χ1n) is 9.97. The molecule has 1 unspecified atom stereocenters. The Balaban J connectivity index is 1.34. The quantitative estimate of drug-likeness (QED) is 0.769. The van der Waals surface area contributed by atoms with E-state index in [0.29, 0.717) is 25.3 Å². The van der Waals surface area contributed by atoms with Crippen LogP contribution < -0.4 is 4.90 Å². The molecule has 0 aliphatic carbocycles. The van der Waals surface area contributed by atoms with Gasteiger partial charge in [-0.1, -0.05) is 0 Å². The van der Waals surface area contributed by atoms with Crippen LogP contribution in [0.25, 0.3) is 0 Å². The molecule has 2 aliphatic heterocycles. The minimum Gasteiger partial charge on any atom is -0.341 e. The Morgan fingerprint density at radius 1 is 1.21 bits per heavy atom. The van der Waals surface area contributed by atoms with Crippen LogP contribution in [0.5, 0.6) is 0 Å². The van der Waals surface area contributed by atoms with E-state index in [1.807, 2.05) is 11.8 Å². The number of carbonyl (C=O) groups is 2. The Morgan fingerprint density at radius 3 is 2.72 bits per heavy atom. The number of hydrogen-bond acceptors (Lipinski definition) is 5. The average molecular weight is 417 g/mol. The van der Waals surface area contributed by atoms with Gasteiger partial charge in [-0.25, -0.2) is 9.37 Å². The molecule has 1 atom stereocenters. The van der Waals surface area contributed by atoms with Crippen LogP contribution in [0.3, 0.4) is 0 Å². The standard InChI is InChI=1S/C21H25FN4O2S/c1-15-23-18(14-29-15)13-24-7-2-8-25(10-9-24)21(28)16-11-20(27)26(12-16)19-5-3-17(22)4-6-19/h3-6,14,16H,2,7-13H2,1H3. The van der Waals surface area contributed by atoms with Crippen LogP contribution in [0.2, 0.25) is 0 Å². The third-order valence-corrected chi connectivity index (χ3v) is 6.39. The SMILES string of the molecule is Cc1nc(CN2CCCN(C(=O)C3CC(=O)N(c4ccc(F)cc4)C3)CC2)cs1. The normalized spacial score (nSPS) is 20.9. The Hall–Kier alpha value is -2.32. The third-order valence-electron chi connectivity index (χ3n) is 5.56. The predicted molar refractivity (Wildman–Crippen MR) is 110 cm³/mol. The van der Waals surface area contributed by atoms with E-state index in [-0.39, 0.29) is 30.0 Å². The van der Waals surface area contributed by atoms with Gasteiger partial charge in [0.05, 0.1) is 16.6 Å². The van der Waals surface area contributed by atoms with Gasteiger partial charge in [0.25, 0.3) is 0 Å². The van der Waals surface area contributed by atoms with Crippen LogP contribution in [-0.4, -0.2) is 59.3 Å². The molecule has 8 heteroatoms. The molecular formula is C21H25FN4O2S. The number of hydrogen-bond donors (Lipinski definition) is 0. The fourth-order valence-electron chi connectivity index (χ4n) is 4.06. The van der Waals surface area contributed by atoms with Crippen LogP contribution in [0, 0.1) is 18.7 Å². The van der Waals surface area contributed by atoms with Gasteiger partial charge in [0, 0.05) is 56.8 Å². The van der Waals surface area contributed by atoms with E-state index in [2.05, 4.69) is 15.3 Å². The molecule has 0 saturated carbocycles. The van der Waals surface area contributed by atoms with Gasteiger partial charge < -0.3 is 9.80 Å². The fraction of sp³-hybridized carbons (Fsp3) is 0.476. The van der Waals surface area contributed by atoms with Crippen molar-refractivity contribution in [3.05, 3.63) is 46.2 Å². The number of anilines is 1. The lowest BCUT2D eigenvalue weighted by Gasteiger charge is -2.24. The second-order valence-electron chi connectivity index (χ2n) is 7.69. The molecule has 1 aromatic heterocycles. The Bertz CT molecular complexity index is 885. The Kier molecular flexibility index (Phi) is 5.91. The van der Waals surface area contributed by atoms with Crippen LogP contribution >= 0.6 is 11.3 Å². The fourth-order valence-corrected chi connectivity index (χ4v) is 4.66. The van der Waals surface area contributed by atoms with Crippen molar-refractivity contribution in [3.8, 4) is 0 Å². The van der Waals surface area contributed by atoms with E-state index >= 15 is 0 Å². The van der Waals surface area contributed by atoms with Crippen LogP contribution in [0.1, 0.15) is 23.5 Å². The molecule has 0 bridgehead atoms.